The van der Waals surface area contributed by atoms with Crippen LogP contribution >= 0.6 is 41.2 Å². The first-order valence-corrected chi connectivity index (χ1v) is 25.3. The van der Waals surface area contributed by atoms with Gasteiger partial charge >= 0.3 is 17.6 Å². The van der Waals surface area contributed by atoms with E-state index in [2.05, 4.69) is 37.5 Å². The molecule has 0 radical (unpaired) electrons. The molecule has 0 aliphatic heterocycles. The van der Waals surface area contributed by atoms with Gasteiger partial charge < -0.3 is 36.4 Å². The molecule has 0 fully saturated rings. The highest BCUT2D eigenvalue weighted by Gasteiger charge is 2.41. The van der Waals surface area contributed by atoms with Crippen LogP contribution in [0, 0.1) is 0 Å². The molecule has 0 saturated heterocycles. The van der Waals surface area contributed by atoms with Crippen molar-refractivity contribution in [3.8, 4) is 0 Å². The van der Waals surface area contributed by atoms with Gasteiger partial charge in [-0.15, -0.1) is 0 Å². The van der Waals surface area contributed by atoms with Gasteiger partial charge in [0.1, 0.15) is 0 Å². The Labute approximate surface area is 277 Å². The fourth-order valence-electron chi connectivity index (χ4n) is 4.48. The van der Waals surface area contributed by atoms with Gasteiger partial charge in [-0.05, 0) is 99.2 Å². The minimum atomic E-state index is -2.62. The van der Waals surface area contributed by atoms with E-state index in [0.29, 0.717) is 39.6 Å². The number of hydrogen-bond donors (Lipinski definition) is 0. The summed E-state index contributed by atoms with van der Waals surface area (Å²) in [5.41, 5.74) is 0. The summed E-state index contributed by atoms with van der Waals surface area (Å²) in [7, 11) is 2.30. The molecule has 0 unspecified atom stereocenters. The van der Waals surface area contributed by atoms with E-state index in [4.69, 9.17) is 26.6 Å². The lowest BCUT2D eigenvalue weighted by atomic mass is 10.4. The second-order valence-corrected chi connectivity index (χ2v) is 21.2. The van der Waals surface area contributed by atoms with Crippen molar-refractivity contribution in [1.82, 2.24) is 9.80 Å². The Bertz CT molecular complexity index is 529. The molecule has 0 spiro atoms. The smallest absolute Gasteiger partial charge is 0.374 e. The molecule has 0 aromatic carbocycles. The second-order valence-electron chi connectivity index (χ2n) is 9.54. The monoisotopic (exact) mass is 708 g/mol. The zero-order valence-electron chi connectivity index (χ0n) is 28.1. The molecule has 0 saturated carbocycles. The van der Waals surface area contributed by atoms with Crippen LogP contribution in [-0.2, 0) is 26.6 Å². The summed E-state index contributed by atoms with van der Waals surface area (Å²) < 4.78 is 37.3. The van der Waals surface area contributed by atoms with Gasteiger partial charge in [0.15, 0.2) is 0 Å². The fraction of sp³-hybridized carbons (Fsp3) is 1.00. The zero-order chi connectivity index (χ0) is 31.4. The summed E-state index contributed by atoms with van der Waals surface area (Å²) in [5.74, 6) is 2.12. The summed E-state index contributed by atoms with van der Waals surface area (Å²) in [5, 5.41) is 0. The van der Waals surface area contributed by atoms with Crippen LogP contribution < -0.4 is 0 Å². The summed E-state index contributed by atoms with van der Waals surface area (Å²) in [6.07, 6.45) is 4.09. The van der Waals surface area contributed by atoms with Crippen molar-refractivity contribution in [3.63, 3.8) is 0 Å². The SMILES string of the molecule is CCO[Si](CCCSSSSCCC[Si](OCC)(OCC)OCCCN(CC)CC)(OCC)OCCCN(CC)CC. The van der Waals surface area contributed by atoms with Crippen molar-refractivity contribution in [2.75, 3.05) is 90.4 Å². The predicted molar refractivity (Wildman–Crippen MR) is 194 cm³/mol. The first kappa shape index (κ1) is 43.5. The Morgan fingerprint density at radius 1 is 0.452 bits per heavy atom. The predicted octanol–water partition coefficient (Wildman–Crippen LogP) is 7.97. The molecule has 8 nitrogen and oxygen atoms in total. The fourth-order valence-corrected chi connectivity index (χ4v) is 16.4. The molecular weight excluding hydrogens is 645 g/mol. The van der Waals surface area contributed by atoms with Gasteiger partial charge in [-0.25, -0.2) is 0 Å². The molecule has 0 aliphatic rings. The minimum Gasteiger partial charge on any atom is -0.374 e. The van der Waals surface area contributed by atoms with E-state index in [-0.39, 0.29) is 0 Å². The van der Waals surface area contributed by atoms with Crippen LogP contribution in [0.2, 0.25) is 12.1 Å². The van der Waals surface area contributed by atoms with Crippen molar-refractivity contribution in [3.05, 3.63) is 0 Å². The first-order chi connectivity index (χ1) is 20.4. The molecule has 0 heterocycles. The highest BCUT2D eigenvalue weighted by atomic mass is 33.7. The molecule has 0 aromatic rings. The van der Waals surface area contributed by atoms with E-state index in [1.54, 1.807) is 0 Å². The Balaban J connectivity index is 4.35. The highest BCUT2D eigenvalue weighted by molar-refractivity contribution is 9.26. The number of nitrogens with zero attached hydrogens (tertiary/aromatic N) is 2. The summed E-state index contributed by atoms with van der Waals surface area (Å²) in [6, 6.07) is 1.75. The quantitative estimate of drug-likeness (QED) is 0.0378. The lowest BCUT2D eigenvalue weighted by molar-refractivity contribution is 0.0630. The van der Waals surface area contributed by atoms with Gasteiger partial charge in [0.2, 0.25) is 0 Å². The molecule has 42 heavy (non-hydrogen) atoms. The van der Waals surface area contributed by atoms with E-state index in [9.17, 15) is 0 Å². The number of rotatable bonds is 33. The van der Waals surface area contributed by atoms with Gasteiger partial charge in [0.05, 0.1) is 0 Å². The van der Waals surface area contributed by atoms with Crippen LogP contribution in [0.1, 0.15) is 81.1 Å². The third-order valence-electron chi connectivity index (χ3n) is 6.67. The van der Waals surface area contributed by atoms with Gasteiger partial charge in [0.25, 0.3) is 0 Å². The topological polar surface area (TPSA) is 61.9 Å². The standard InChI is InChI=1S/C28H64N2O6S4Si2/c1-9-29(10-2)21-17-23-35-41(31-13-5,32-14-6)27-19-25-37-39-40-38-26-20-28-42(33-15-7,34-16-8)36-24-18-22-30(11-3)12-4/h9-28H2,1-8H3. The molecule has 0 amide bonds. The van der Waals surface area contributed by atoms with Crippen molar-refractivity contribution in [1.29, 1.82) is 0 Å². The third-order valence-corrected chi connectivity index (χ3v) is 19.4. The van der Waals surface area contributed by atoms with Gasteiger partial charge in [-0.2, -0.15) is 0 Å². The van der Waals surface area contributed by atoms with Crippen molar-refractivity contribution >= 4 is 58.8 Å². The maximum atomic E-state index is 6.35. The highest BCUT2D eigenvalue weighted by Crippen LogP contribution is 2.44. The van der Waals surface area contributed by atoms with Crippen LogP contribution in [0.3, 0.4) is 0 Å². The van der Waals surface area contributed by atoms with Crippen LogP contribution in [0.25, 0.3) is 0 Å². The lowest BCUT2D eigenvalue weighted by Crippen LogP contribution is -2.46. The van der Waals surface area contributed by atoms with E-state index in [1.165, 1.54) is 0 Å². The van der Waals surface area contributed by atoms with Crippen LogP contribution in [-0.4, -0.2) is 118 Å². The first-order valence-electron chi connectivity index (χ1n) is 16.3. The molecule has 0 aliphatic carbocycles. The van der Waals surface area contributed by atoms with E-state index in [0.717, 1.165) is 88.5 Å². The van der Waals surface area contributed by atoms with Crippen LogP contribution in [0.5, 0.6) is 0 Å². The second kappa shape index (κ2) is 29.9. The molecule has 0 atom stereocenters. The minimum absolute atomic E-state index is 0.634. The van der Waals surface area contributed by atoms with Crippen molar-refractivity contribution in [2.24, 2.45) is 0 Å². The van der Waals surface area contributed by atoms with Gasteiger partial charge in [-0.3, -0.25) is 0 Å². The Kier molecular flexibility index (Phi) is 31.0. The lowest BCUT2D eigenvalue weighted by Gasteiger charge is -2.29. The van der Waals surface area contributed by atoms with E-state index in [1.807, 2.05) is 68.9 Å². The third kappa shape index (κ3) is 21.3. The van der Waals surface area contributed by atoms with E-state index >= 15 is 0 Å². The molecular formula is C28H64N2O6S4Si2. The van der Waals surface area contributed by atoms with Gasteiger partial charge in [-0.1, -0.05) is 49.3 Å². The molecule has 14 heteroatoms. The average Bonchev–Trinajstić information content (AvgIpc) is 2.99. The van der Waals surface area contributed by atoms with Crippen molar-refractivity contribution < 1.29 is 26.6 Å². The Morgan fingerprint density at radius 3 is 1.07 bits per heavy atom. The Hall–Kier alpha value is 1.51. The largest absolute Gasteiger partial charge is 0.500 e. The summed E-state index contributed by atoms with van der Waals surface area (Å²) >= 11 is 0. The van der Waals surface area contributed by atoms with E-state index < -0.39 is 17.6 Å². The van der Waals surface area contributed by atoms with Gasteiger partial charge in [0, 0.05) is 76.3 Å². The molecule has 0 N–H and O–H groups in total. The van der Waals surface area contributed by atoms with Crippen LogP contribution in [0.15, 0.2) is 0 Å². The van der Waals surface area contributed by atoms with Crippen molar-refractivity contribution in [2.45, 2.75) is 93.2 Å². The summed E-state index contributed by atoms with van der Waals surface area (Å²) in [6.45, 7) is 27.3. The Morgan fingerprint density at radius 2 is 0.786 bits per heavy atom. The zero-order valence-corrected chi connectivity index (χ0v) is 33.4. The maximum absolute atomic E-state index is 6.35. The molecule has 0 bridgehead atoms. The maximum Gasteiger partial charge on any atom is 0.500 e. The molecule has 0 aromatic heterocycles. The normalized spacial score (nSPS) is 12.7. The molecule has 0 rings (SSSR count). The number of hydrogen-bond acceptors (Lipinski definition) is 12. The summed E-state index contributed by atoms with van der Waals surface area (Å²) in [4.78, 5) is 4.86. The molecule has 254 valence electrons. The van der Waals surface area contributed by atoms with Crippen LogP contribution in [0.4, 0.5) is 0 Å². The average molecular weight is 709 g/mol.